The first-order valence-corrected chi connectivity index (χ1v) is 9.01. The monoisotopic (exact) mass is 290 g/mol. The summed E-state index contributed by atoms with van der Waals surface area (Å²) in [5.41, 5.74) is 0.584. The van der Waals surface area contributed by atoms with Crippen LogP contribution in [-0.2, 0) is 0 Å². The average Bonchev–Trinajstić information content (AvgIpc) is 2.76. The minimum absolute atomic E-state index is 0.0655. The van der Waals surface area contributed by atoms with Gasteiger partial charge >= 0.3 is 0 Å². The molecule has 4 rings (SSSR count). The summed E-state index contributed by atoms with van der Waals surface area (Å²) in [5, 5.41) is 20.4. The highest BCUT2D eigenvalue weighted by Gasteiger charge is 2.59. The zero-order valence-electron chi connectivity index (χ0n) is 13.5. The molecule has 2 nitrogen and oxygen atoms in total. The first kappa shape index (κ1) is 14.1. The van der Waals surface area contributed by atoms with Crippen LogP contribution in [0.2, 0.25) is 0 Å². The largest absolute Gasteiger partial charge is 0.513 e. The Bertz CT molecular complexity index is 470. The van der Waals surface area contributed by atoms with Crippen LogP contribution in [0.5, 0.6) is 0 Å². The first-order valence-electron chi connectivity index (χ1n) is 9.01. The topological polar surface area (TPSA) is 40.5 Å². The smallest absolute Gasteiger partial charge is 0.0886 e. The molecule has 118 valence electrons. The molecule has 0 radical (unpaired) electrons. The highest BCUT2D eigenvalue weighted by molar-refractivity contribution is 5.14. The van der Waals surface area contributed by atoms with Crippen LogP contribution in [0.15, 0.2) is 11.8 Å². The molecule has 0 bridgehead atoms. The lowest BCUT2D eigenvalue weighted by molar-refractivity contribution is -0.111. The third-order valence-electron chi connectivity index (χ3n) is 8.25. The van der Waals surface area contributed by atoms with Gasteiger partial charge in [-0.2, -0.15) is 0 Å². The predicted octanol–water partition coefficient (Wildman–Crippen LogP) is 4.44. The second-order valence-electron chi connectivity index (χ2n) is 8.90. The van der Waals surface area contributed by atoms with Gasteiger partial charge in [0.15, 0.2) is 0 Å². The molecule has 21 heavy (non-hydrogen) atoms. The summed E-state index contributed by atoms with van der Waals surface area (Å²) in [6.45, 7) is 4.85. The van der Waals surface area contributed by atoms with Crippen LogP contribution in [0.4, 0.5) is 0 Å². The van der Waals surface area contributed by atoms with E-state index in [4.69, 9.17) is 0 Å². The van der Waals surface area contributed by atoms with E-state index in [9.17, 15) is 10.2 Å². The van der Waals surface area contributed by atoms with Crippen molar-refractivity contribution in [3.8, 4) is 0 Å². The molecule has 0 heterocycles. The van der Waals surface area contributed by atoms with E-state index in [0.717, 1.165) is 37.0 Å². The summed E-state index contributed by atoms with van der Waals surface area (Å²) >= 11 is 0. The molecule has 1 unspecified atom stereocenters. The maximum atomic E-state index is 10.5. The molecule has 0 aromatic rings. The molecule has 0 aromatic carbocycles. The van der Waals surface area contributed by atoms with Crippen LogP contribution in [0, 0.1) is 34.5 Å². The highest BCUT2D eigenvalue weighted by Crippen LogP contribution is 2.65. The summed E-state index contributed by atoms with van der Waals surface area (Å²) in [6, 6.07) is 0. The van der Waals surface area contributed by atoms with Crippen molar-refractivity contribution in [2.75, 3.05) is 0 Å². The third-order valence-corrected chi connectivity index (χ3v) is 8.25. The Labute approximate surface area is 128 Å². The van der Waals surface area contributed by atoms with Crippen molar-refractivity contribution in [2.45, 2.75) is 71.3 Å². The van der Waals surface area contributed by atoms with Crippen LogP contribution in [0.1, 0.15) is 65.2 Å². The predicted molar refractivity (Wildman–Crippen MR) is 83.8 cm³/mol. The number of hydrogen-bond donors (Lipinski definition) is 2. The molecule has 3 fully saturated rings. The van der Waals surface area contributed by atoms with E-state index in [1.165, 1.54) is 32.1 Å². The van der Waals surface area contributed by atoms with E-state index in [1.54, 1.807) is 0 Å². The van der Waals surface area contributed by atoms with Gasteiger partial charge in [0.2, 0.25) is 0 Å². The summed E-state index contributed by atoms with van der Waals surface area (Å²) in [7, 11) is 0. The van der Waals surface area contributed by atoms with E-state index < -0.39 is 0 Å². The molecular weight excluding hydrogens is 260 g/mol. The molecule has 4 aliphatic rings. The molecule has 0 spiro atoms. The molecule has 0 aliphatic heterocycles. The Kier molecular flexibility index (Phi) is 3.03. The maximum absolute atomic E-state index is 10.5. The van der Waals surface area contributed by atoms with Gasteiger partial charge in [-0.1, -0.05) is 13.8 Å². The zero-order valence-corrected chi connectivity index (χ0v) is 13.5. The molecule has 4 aliphatic carbocycles. The van der Waals surface area contributed by atoms with Crippen LogP contribution >= 0.6 is 0 Å². The summed E-state index contributed by atoms with van der Waals surface area (Å²) in [5.74, 6) is 3.68. The van der Waals surface area contributed by atoms with Gasteiger partial charge in [-0.25, -0.2) is 0 Å². The second kappa shape index (κ2) is 4.50. The van der Waals surface area contributed by atoms with Crippen molar-refractivity contribution in [3.63, 3.8) is 0 Å². The van der Waals surface area contributed by atoms with E-state index in [1.807, 2.05) is 0 Å². The Morgan fingerprint density at radius 3 is 2.57 bits per heavy atom. The van der Waals surface area contributed by atoms with E-state index in [0.29, 0.717) is 17.1 Å². The van der Waals surface area contributed by atoms with Crippen LogP contribution in [0.3, 0.4) is 0 Å². The number of hydrogen-bond acceptors (Lipinski definition) is 2. The van der Waals surface area contributed by atoms with Crippen molar-refractivity contribution in [1.29, 1.82) is 0 Å². The SMILES string of the molecule is C[C@]12CC=C(O)C[C@@H]1CC[C@@H]1[C@@H]2CC[C@]2(C)C(O)CC[C@@H]12. The fraction of sp³-hybridized carbons (Fsp3) is 0.895. The average molecular weight is 290 g/mol. The Hall–Kier alpha value is -0.500. The quantitative estimate of drug-likeness (QED) is 0.692. The maximum Gasteiger partial charge on any atom is 0.0886 e. The van der Waals surface area contributed by atoms with Crippen molar-refractivity contribution >= 4 is 0 Å². The number of rotatable bonds is 0. The van der Waals surface area contributed by atoms with Crippen LogP contribution in [0.25, 0.3) is 0 Å². The van der Waals surface area contributed by atoms with Gasteiger partial charge in [-0.05, 0) is 85.5 Å². The number of fused-ring (bicyclic) bond motifs is 5. The molecule has 2 heteroatoms. The number of aliphatic hydroxyl groups is 2. The molecular formula is C19H30O2. The van der Waals surface area contributed by atoms with Crippen molar-refractivity contribution < 1.29 is 10.2 Å². The van der Waals surface area contributed by atoms with E-state index in [-0.39, 0.29) is 11.5 Å². The van der Waals surface area contributed by atoms with Gasteiger partial charge in [0.1, 0.15) is 0 Å². The molecule has 0 aromatic heterocycles. The molecule has 7 atom stereocenters. The lowest BCUT2D eigenvalue weighted by Gasteiger charge is -2.59. The highest BCUT2D eigenvalue weighted by atomic mass is 16.3. The first-order chi connectivity index (χ1) is 9.95. The second-order valence-corrected chi connectivity index (χ2v) is 8.90. The summed E-state index contributed by atoms with van der Waals surface area (Å²) in [4.78, 5) is 0. The van der Waals surface area contributed by atoms with Gasteiger partial charge in [0, 0.05) is 6.42 Å². The molecule has 2 N–H and O–H groups in total. The molecule has 0 amide bonds. The number of allylic oxidation sites excluding steroid dienone is 2. The van der Waals surface area contributed by atoms with Gasteiger partial charge in [0.05, 0.1) is 11.9 Å². The Morgan fingerprint density at radius 1 is 1.00 bits per heavy atom. The number of aliphatic hydroxyl groups excluding tert-OH is 2. The molecule has 0 saturated heterocycles. The lowest BCUT2D eigenvalue weighted by Crippen LogP contribution is -2.53. The van der Waals surface area contributed by atoms with Crippen molar-refractivity contribution in [1.82, 2.24) is 0 Å². The molecule has 3 saturated carbocycles. The normalized spacial score (nSPS) is 56.1. The van der Waals surface area contributed by atoms with Gasteiger partial charge in [0.25, 0.3) is 0 Å². The third kappa shape index (κ3) is 1.81. The van der Waals surface area contributed by atoms with E-state index >= 15 is 0 Å². The zero-order chi connectivity index (χ0) is 14.8. The Morgan fingerprint density at radius 2 is 1.76 bits per heavy atom. The summed E-state index contributed by atoms with van der Waals surface area (Å²) < 4.78 is 0. The van der Waals surface area contributed by atoms with Gasteiger partial charge in [-0.3, -0.25) is 0 Å². The summed E-state index contributed by atoms with van der Waals surface area (Å²) in [6.07, 6.45) is 11.4. The lowest BCUT2D eigenvalue weighted by atomic mass is 9.46. The Balaban J connectivity index is 1.65. The minimum Gasteiger partial charge on any atom is -0.513 e. The van der Waals surface area contributed by atoms with Crippen LogP contribution < -0.4 is 0 Å². The minimum atomic E-state index is -0.0655. The van der Waals surface area contributed by atoms with Gasteiger partial charge < -0.3 is 10.2 Å². The van der Waals surface area contributed by atoms with E-state index in [2.05, 4.69) is 19.9 Å². The fourth-order valence-corrected chi connectivity index (χ4v) is 6.83. The van der Waals surface area contributed by atoms with Gasteiger partial charge in [-0.15, -0.1) is 0 Å². The fourth-order valence-electron chi connectivity index (χ4n) is 6.83. The van der Waals surface area contributed by atoms with Crippen molar-refractivity contribution in [3.05, 3.63) is 11.8 Å². The van der Waals surface area contributed by atoms with Crippen LogP contribution in [-0.4, -0.2) is 16.3 Å². The standard InChI is InChI=1S/C19H30O2/c1-18-9-7-13(20)11-12(18)3-4-14-15-5-6-17(21)19(15,2)10-8-16(14)18/h7,12,14-17,20-21H,3-6,8-11H2,1-2H3/t12-,14-,15-,16-,17?,18-,19-/m0/s1. The van der Waals surface area contributed by atoms with Crippen molar-refractivity contribution in [2.24, 2.45) is 34.5 Å².